The van der Waals surface area contributed by atoms with E-state index in [2.05, 4.69) is 0 Å². The second kappa shape index (κ2) is 10.9. The van der Waals surface area contributed by atoms with Crippen LogP contribution in [-0.4, -0.2) is 25.2 Å². The van der Waals surface area contributed by atoms with Gasteiger partial charge in [-0.25, -0.2) is 4.79 Å². The molecule has 0 aliphatic rings. The summed E-state index contributed by atoms with van der Waals surface area (Å²) >= 11 is 0. The van der Waals surface area contributed by atoms with Crippen molar-refractivity contribution in [2.24, 2.45) is 0 Å². The molecule has 0 saturated heterocycles. The summed E-state index contributed by atoms with van der Waals surface area (Å²) in [7, 11) is 0. The molecule has 0 spiro atoms. The molecule has 2 rings (SSSR count). The Balaban J connectivity index is 0.00000338. The lowest BCUT2D eigenvalue weighted by Gasteiger charge is -2.11. The molecule has 5 heteroatoms. The molecule has 5 nitrogen and oxygen atoms in total. The molecule has 2 aromatic carbocycles. The minimum absolute atomic E-state index is 0. The zero-order valence-corrected chi connectivity index (χ0v) is 14.5. The minimum atomic E-state index is -0.355. The molecular weight excluding hydrogens is 332 g/mol. The average molecular weight is 358 g/mol. The summed E-state index contributed by atoms with van der Waals surface area (Å²) in [4.78, 5) is 23.4. The van der Waals surface area contributed by atoms with Gasteiger partial charge in [0.1, 0.15) is 12.4 Å². The lowest BCUT2D eigenvalue weighted by molar-refractivity contribution is -0.142. The molecule has 0 radical (unpaired) electrons. The Hall–Kier alpha value is -2.82. The number of rotatable bonds is 8. The van der Waals surface area contributed by atoms with Gasteiger partial charge >= 0.3 is 11.9 Å². The fourth-order valence-corrected chi connectivity index (χ4v) is 2.30. The summed E-state index contributed by atoms with van der Waals surface area (Å²) in [6, 6.07) is 14.4. The van der Waals surface area contributed by atoms with Crippen LogP contribution in [-0.2, 0) is 27.3 Å². The van der Waals surface area contributed by atoms with Gasteiger partial charge in [0, 0.05) is 5.56 Å². The predicted octanol–water partition coefficient (Wildman–Crippen LogP) is 4.18. The minimum Gasteiger partial charge on any atom is -0.489 e. The van der Waals surface area contributed by atoms with E-state index in [9.17, 15) is 9.59 Å². The van der Waals surface area contributed by atoms with Crippen LogP contribution in [0.2, 0.25) is 0 Å². The molecule has 0 bridgehead atoms. The van der Waals surface area contributed by atoms with E-state index < -0.39 is 0 Å². The molecule has 0 unspecified atom stereocenters. The fourth-order valence-electron chi connectivity index (χ4n) is 2.30. The number of benzene rings is 2. The molecule has 0 N–H and O–H groups in total. The van der Waals surface area contributed by atoms with Gasteiger partial charge in [-0.2, -0.15) is 0 Å². The van der Waals surface area contributed by atoms with Crippen LogP contribution in [0.25, 0.3) is 0 Å². The van der Waals surface area contributed by atoms with Crippen LogP contribution in [0.1, 0.15) is 42.8 Å². The number of ether oxygens (including phenoxy) is 3. The Morgan fingerprint density at radius 1 is 0.885 bits per heavy atom. The lowest BCUT2D eigenvalue weighted by Crippen LogP contribution is -2.10. The highest BCUT2D eigenvalue weighted by Gasteiger charge is 2.12. The van der Waals surface area contributed by atoms with Crippen molar-refractivity contribution in [1.82, 2.24) is 0 Å². The molecular formula is C21H26O5. The van der Waals surface area contributed by atoms with Gasteiger partial charge in [-0.1, -0.05) is 37.8 Å². The summed E-state index contributed by atoms with van der Waals surface area (Å²) in [5.74, 6) is 0.0530. The average Bonchev–Trinajstić information content (AvgIpc) is 2.62. The summed E-state index contributed by atoms with van der Waals surface area (Å²) in [6.07, 6.45) is 0.236. The highest BCUT2D eigenvalue weighted by molar-refractivity contribution is 5.91. The monoisotopic (exact) mass is 358 g/mol. The van der Waals surface area contributed by atoms with E-state index in [-0.39, 0.29) is 32.4 Å². The number of carbonyl (C=O) groups excluding carboxylic acids is 2. The van der Waals surface area contributed by atoms with Crippen LogP contribution < -0.4 is 4.74 Å². The van der Waals surface area contributed by atoms with E-state index in [1.165, 1.54) is 0 Å². The Labute approximate surface area is 154 Å². The molecule has 0 saturated carbocycles. The normalized spacial score (nSPS) is 9.77. The van der Waals surface area contributed by atoms with Crippen molar-refractivity contribution in [1.29, 1.82) is 0 Å². The molecule has 0 atom stereocenters. The van der Waals surface area contributed by atoms with Crippen LogP contribution in [0.4, 0.5) is 0 Å². The topological polar surface area (TPSA) is 61.8 Å². The third-order valence-corrected chi connectivity index (χ3v) is 3.48. The molecule has 0 fully saturated rings. The van der Waals surface area contributed by atoms with E-state index >= 15 is 0 Å². The molecule has 0 aromatic heterocycles. The maximum atomic E-state index is 12.0. The number of hydrogen-bond donors (Lipinski definition) is 0. The number of esters is 2. The predicted molar refractivity (Wildman–Crippen MR) is 100 cm³/mol. The van der Waals surface area contributed by atoms with Gasteiger partial charge in [-0.05, 0) is 37.6 Å². The Morgan fingerprint density at radius 3 is 2.19 bits per heavy atom. The van der Waals surface area contributed by atoms with Crippen LogP contribution >= 0.6 is 0 Å². The van der Waals surface area contributed by atoms with Gasteiger partial charge in [0.25, 0.3) is 0 Å². The van der Waals surface area contributed by atoms with E-state index in [0.29, 0.717) is 24.5 Å². The van der Waals surface area contributed by atoms with Crippen molar-refractivity contribution >= 4 is 11.9 Å². The first-order chi connectivity index (χ1) is 12.1. The highest BCUT2D eigenvalue weighted by atomic mass is 16.5. The highest BCUT2D eigenvalue weighted by Crippen LogP contribution is 2.17. The van der Waals surface area contributed by atoms with Crippen molar-refractivity contribution in [3.8, 4) is 5.75 Å². The Morgan fingerprint density at radius 2 is 1.54 bits per heavy atom. The lowest BCUT2D eigenvalue weighted by atomic mass is 10.1. The van der Waals surface area contributed by atoms with E-state index in [4.69, 9.17) is 14.2 Å². The largest absolute Gasteiger partial charge is 0.489 e. The van der Waals surface area contributed by atoms with Gasteiger partial charge in [0.15, 0.2) is 0 Å². The fraction of sp³-hybridized carbons (Fsp3) is 0.333. The van der Waals surface area contributed by atoms with E-state index in [0.717, 1.165) is 11.1 Å². The zero-order valence-electron chi connectivity index (χ0n) is 14.5. The second-order valence-electron chi connectivity index (χ2n) is 5.29. The smallest absolute Gasteiger partial charge is 0.338 e. The SMILES string of the molecule is C.CCOC(=O)Cc1ccc(OCc2ccccc2C(=O)OCC)cc1. The zero-order chi connectivity index (χ0) is 18.1. The van der Waals surface area contributed by atoms with Crippen LogP contribution in [0, 0.1) is 0 Å². The van der Waals surface area contributed by atoms with E-state index in [1.807, 2.05) is 24.3 Å². The first-order valence-electron chi connectivity index (χ1n) is 8.26. The summed E-state index contributed by atoms with van der Waals surface area (Å²) in [5.41, 5.74) is 2.12. The summed E-state index contributed by atoms with van der Waals surface area (Å²) in [5, 5.41) is 0. The van der Waals surface area contributed by atoms with Crippen LogP contribution in [0.5, 0.6) is 5.75 Å². The van der Waals surface area contributed by atoms with Crippen molar-refractivity contribution in [2.75, 3.05) is 13.2 Å². The van der Waals surface area contributed by atoms with Crippen molar-refractivity contribution in [2.45, 2.75) is 34.3 Å². The van der Waals surface area contributed by atoms with Gasteiger partial charge in [0.05, 0.1) is 25.2 Å². The third kappa shape index (κ3) is 6.24. The second-order valence-corrected chi connectivity index (χ2v) is 5.29. The van der Waals surface area contributed by atoms with Gasteiger partial charge in [0.2, 0.25) is 0 Å². The van der Waals surface area contributed by atoms with Crippen molar-refractivity contribution < 1.29 is 23.8 Å². The van der Waals surface area contributed by atoms with Crippen LogP contribution in [0.15, 0.2) is 48.5 Å². The van der Waals surface area contributed by atoms with Crippen LogP contribution in [0.3, 0.4) is 0 Å². The van der Waals surface area contributed by atoms with Crippen molar-refractivity contribution in [3.63, 3.8) is 0 Å². The van der Waals surface area contributed by atoms with Gasteiger partial charge in [-0.3, -0.25) is 4.79 Å². The molecule has 26 heavy (non-hydrogen) atoms. The molecule has 0 heterocycles. The standard InChI is InChI=1S/C20H22O5.CH4/c1-3-23-19(21)13-15-9-11-17(12-10-15)25-14-16-7-5-6-8-18(16)20(22)24-4-2;/h5-12H,3-4,13-14H2,1-2H3;1H4. The Kier molecular flexibility index (Phi) is 8.92. The maximum absolute atomic E-state index is 12.0. The van der Waals surface area contributed by atoms with E-state index in [1.54, 1.807) is 38.1 Å². The first kappa shape index (κ1) is 21.2. The molecule has 0 aliphatic carbocycles. The Bertz CT molecular complexity index is 707. The summed E-state index contributed by atoms with van der Waals surface area (Å²) in [6.45, 7) is 4.51. The quantitative estimate of drug-likeness (QED) is 0.662. The molecule has 2 aromatic rings. The van der Waals surface area contributed by atoms with Crippen molar-refractivity contribution in [3.05, 3.63) is 65.2 Å². The molecule has 0 aliphatic heterocycles. The third-order valence-electron chi connectivity index (χ3n) is 3.48. The number of hydrogen-bond acceptors (Lipinski definition) is 5. The van der Waals surface area contributed by atoms with Gasteiger partial charge in [-0.15, -0.1) is 0 Å². The summed E-state index contributed by atoms with van der Waals surface area (Å²) < 4.78 is 15.7. The molecule has 140 valence electrons. The maximum Gasteiger partial charge on any atom is 0.338 e. The molecule has 0 amide bonds. The number of carbonyl (C=O) groups is 2. The van der Waals surface area contributed by atoms with Gasteiger partial charge < -0.3 is 14.2 Å². The first-order valence-corrected chi connectivity index (χ1v) is 8.26.